The van der Waals surface area contributed by atoms with Gasteiger partial charge in [0.05, 0.1) is 16.6 Å². The molecule has 1 amide bonds. The lowest BCUT2D eigenvalue weighted by atomic mass is 10.1. The molecule has 1 atom stereocenters. The lowest BCUT2D eigenvalue weighted by molar-refractivity contribution is 0.0777. The smallest absolute Gasteiger partial charge is 0.256 e. The van der Waals surface area contributed by atoms with Gasteiger partial charge < -0.3 is 10.6 Å². The van der Waals surface area contributed by atoms with E-state index in [1.54, 1.807) is 39.2 Å². The monoisotopic (exact) mass is 237 g/mol. The average Bonchev–Trinajstić information content (AvgIpc) is 2.26. The van der Waals surface area contributed by atoms with Gasteiger partial charge in [-0.25, -0.2) is 0 Å². The van der Waals surface area contributed by atoms with E-state index < -0.39 is 0 Å². The van der Waals surface area contributed by atoms with Crippen LogP contribution in [0.1, 0.15) is 23.0 Å². The van der Waals surface area contributed by atoms with Crippen molar-refractivity contribution in [1.82, 2.24) is 9.88 Å². The minimum atomic E-state index is -0.262. The first kappa shape index (κ1) is 12.6. The second kappa shape index (κ2) is 5.03. The summed E-state index contributed by atoms with van der Waals surface area (Å²) < 4.78 is 0. The first-order valence-electron chi connectivity index (χ1n) is 4.93. The van der Waals surface area contributed by atoms with Crippen molar-refractivity contribution in [2.24, 2.45) is 5.73 Å². The van der Waals surface area contributed by atoms with Gasteiger partial charge >= 0.3 is 0 Å². The predicted octanol–water partition coefficient (Wildman–Crippen LogP) is 1.14. The van der Waals surface area contributed by atoms with Gasteiger partial charge in [-0.1, -0.05) is 12.2 Å². The molecule has 1 unspecified atom stereocenters. The Morgan fingerprint density at radius 2 is 2.25 bits per heavy atom. The highest BCUT2D eigenvalue weighted by Gasteiger charge is 2.20. The van der Waals surface area contributed by atoms with Gasteiger partial charge in [-0.05, 0) is 26.0 Å². The summed E-state index contributed by atoms with van der Waals surface area (Å²) in [5, 5.41) is 0. The van der Waals surface area contributed by atoms with Crippen LogP contribution >= 0.6 is 12.2 Å². The summed E-state index contributed by atoms with van der Waals surface area (Å²) in [6, 6.07) is 3.22. The van der Waals surface area contributed by atoms with Gasteiger partial charge in [0.25, 0.3) is 5.91 Å². The minimum Gasteiger partial charge on any atom is -0.392 e. The highest BCUT2D eigenvalue weighted by Crippen LogP contribution is 2.09. The zero-order chi connectivity index (χ0) is 12.3. The Morgan fingerprint density at radius 3 is 2.75 bits per heavy atom. The Hall–Kier alpha value is -1.49. The number of pyridine rings is 1. The van der Waals surface area contributed by atoms with Gasteiger partial charge in [0.1, 0.15) is 0 Å². The summed E-state index contributed by atoms with van der Waals surface area (Å²) in [5.41, 5.74) is 6.79. The number of nitrogens with two attached hydrogens (primary N) is 1. The van der Waals surface area contributed by atoms with Crippen LogP contribution in [0.25, 0.3) is 0 Å². The lowest BCUT2D eigenvalue weighted by Gasteiger charge is -2.24. The summed E-state index contributed by atoms with van der Waals surface area (Å²) in [4.78, 5) is 18.0. The van der Waals surface area contributed by atoms with E-state index in [1.165, 1.54) is 4.90 Å². The van der Waals surface area contributed by atoms with E-state index in [0.717, 1.165) is 0 Å². The maximum atomic E-state index is 12.1. The molecule has 0 aliphatic heterocycles. The SMILES string of the molecule is Cc1ncccc1C(=O)N(C)C(C)C(N)=S. The van der Waals surface area contributed by atoms with Crippen LogP contribution in [0.2, 0.25) is 0 Å². The molecule has 0 fully saturated rings. The molecular formula is C11H15N3OS. The molecule has 0 aliphatic carbocycles. The van der Waals surface area contributed by atoms with E-state index >= 15 is 0 Å². The molecule has 1 heterocycles. The largest absolute Gasteiger partial charge is 0.392 e. The van der Waals surface area contributed by atoms with E-state index in [1.807, 2.05) is 0 Å². The molecule has 5 heteroatoms. The van der Waals surface area contributed by atoms with Crippen LogP contribution in [0.5, 0.6) is 0 Å². The van der Waals surface area contributed by atoms with E-state index in [4.69, 9.17) is 18.0 Å². The summed E-state index contributed by atoms with van der Waals surface area (Å²) in [6.45, 7) is 3.60. The van der Waals surface area contributed by atoms with Crippen LogP contribution in [0, 0.1) is 6.92 Å². The first-order valence-corrected chi connectivity index (χ1v) is 5.34. The first-order chi connectivity index (χ1) is 7.45. The van der Waals surface area contributed by atoms with E-state index in [2.05, 4.69) is 4.98 Å². The summed E-state index contributed by atoms with van der Waals surface area (Å²) in [7, 11) is 1.68. The number of nitrogens with zero attached hydrogens (tertiary/aromatic N) is 2. The van der Waals surface area contributed by atoms with Crippen molar-refractivity contribution in [2.75, 3.05) is 7.05 Å². The van der Waals surface area contributed by atoms with Crippen LogP contribution in [-0.2, 0) is 0 Å². The predicted molar refractivity (Wildman–Crippen MR) is 67.3 cm³/mol. The van der Waals surface area contributed by atoms with Gasteiger partial charge in [0.15, 0.2) is 0 Å². The third-order valence-electron chi connectivity index (χ3n) is 2.55. The Labute approximate surface area is 100 Å². The second-order valence-electron chi connectivity index (χ2n) is 3.63. The molecule has 0 aromatic carbocycles. The number of aromatic nitrogens is 1. The fraction of sp³-hybridized carbons (Fsp3) is 0.364. The number of hydrogen-bond donors (Lipinski definition) is 1. The molecule has 0 radical (unpaired) electrons. The molecule has 1 aromatic heterocycles. The lowest BCUT2D eigenvalue weighted by Crippen LogP contribution is -2.43. The van der Waals surface area contributed by atoms with Crippen LogP contribution < -0.4 is 5.73 Å². The molecule has 86 valence electrons. The van der Waals surface area contributed by atoms with Gasteiger partial charge in [-0.2, -0.15) is 0 Å². The fourth-order valence-electron chi connectivity index (χ4n) is 1.27. The van der Waals surface area contributed by atoms with Crippen molar-refractivity contribution in [3.63, 3.8) is 0 Å². The molecule has 0 spiro atoms. The van der Waals surface area contributed by atoms with Gasteiger partial charge in [-0.15, -0.1) is 0 Å². The molecule has 4 nitrogen and oxygen atoms in total. The quantitative estimate of drug-likeness (QED) is 0.801. The van der Waals surface area contributed by atoms with Crippen molar-refractivity contribution in [3.8, 4) is 0 Å². The van der Waals surface area contributed by atoms with Gasteiger partial charge in [-0.3, -0.25) is 9.78 Å². The number of likely N-dealkylation sites (N-methyl/N-ethyl adjacent to an activating group) is 1. The molecule has 0 saturated heterocycles. The number of hydrogen-bond acceptors (Lipinski definition) is 3. The summed E-state index contributed by atoms with van der Waals surface area (Å²) in [5.74, 6) is -0.120. The van der Waals surface area contributed by atoms with Crippen molar-refractivity contribution in [2.45, 2.75) is 19.9 Å². The normalized spacial score (nSPS) is 11.9. The van der Waals surface area contributed by atoms with Crippen LogP contribution in [-0.4, -0.2) is 33.9 Å². The highest BCUT2D eigenvalue weighted by atomic mass is 32.1. The van der Waals surface area contributed by atoms with E-state index in [-0.39, 0.29) is 11.9 Å². The van der Waals surface area contributed by atoms with Crippen molar-refractivity contribution in [1.29, 1.82) is 0 Å². The molecular weight excluding hydrogens is 222 g/mol. The third kappa shape index (κ3) is 2.55. The molecule has 2 N–H and O–H groups in total. The van der Waals surface area contributed by atoms with Crippen LogP contribution in [0.3, 0.4) is 0 Å². The molecule has 1 rings (SSSR count). The minimum absolute atomic E-state index is 0.120. The Kier molecular flexibility index (Phi) is 3.95. The second-order valence-corrected chi connectivity index (χ2v) is 4.10. The van der Waals surface area contributed by atoms with Crippen LogP contribution in [0.4, 0.5) is 0 Å². The molecule has 0 aliphatic rings. The molecule has 1 aromatic rings. The number of carbonyl (C=O) groups is 1. The van der Waals surface area contributed by atoms with Gasteiger partial charge in [0.2, 0.25) is 0 Å². The maximum Gasteiger partial charge on any atom is 0.256 e. The van der Waals surface area contributed by atoms with Crippen molar-refractivity contribution >= 4 is 23.1 Å². The fourth-order valence-corrected chi connectivity index (χ4v) is 1.43. The van der Waals surface area contributed by atoms with Crippen molar-refractivity contribution < 1.29 is 4.79 Å². The zero-order valence-electron chi connectivity index (χ0n) is 9.60. The topological polar surface area (TPSA) is 59.2 Å². The zero-order valence-corrected chi connectivity index (χ0v) is 10.4. The molecule has 16 heavy (non-hydrogen) atoms. The number of rotatable bonds is 3. The number of aryl methyl sites for hydroxylation is 1. The van der Waals surface area contributed by atoms with Crippen LogP contribution in [0.15, 0.2) is 18.3 Å². The van der Waals surface area contributed by atoms with Gasteiger partial charge in [0, 0.05) is 18.9 Å². The average molecular weight is 237 g/mol. The number of amides is 1. The van der Waals surface area contributed by atoms with E-state index in [0.29, 0.717) is 16.2 Å². The number of carbonyl (C=O) groups excluding carboxylic acids is 1. The summed E-state index contributed by atoms with van der Waals surface area (Å²) >= 11 is 4.86. The number of thiocarbonyl (C=S) groups is 1. The highest BCUT2D eigenvalue weighted by molar-refractivity contribution is 7.80. The van der Waals surface area contributed by atoms with E-state index in [9.17, 15) is 4.79 Å². The Morgan fingerprint density at radius 1 is 1.62 bits per heavy atom. The Bertz CT molecular complexity index is 419. The maximum absolute atomic E-state index is 12.1. The Balaban J connectivity index is 2.95. The summed E-state index contributed by atoms with van der Waals surface area (Å²) in [6.07, 6.45) is 1.66. The molecule has 0 saturated carbocycles. The standard InChI is InChI=1S/C11H15N3OS/c1-7-9(5-4-6-13-7)11(15)14(3)8(2)10(12)16/h4-6,8H,1-3H3,(H2,12,16). The van der Waals surface area contributed by atoms with Crippen molar-refractivity contribution in [3.05, 3.63) is 29.6 Å². The molecule has 0 bridgehead atoms. The third-order valence-corrected chi connectivity index (χ3v) is 2.89.